The maximum atomic E-state index is 12.8. The van der Waals surface area contributed by atoms with E-state index in [2.05, 4.69) is 0 Å². The molecule has 0 saturated heterocycles. The predicted molar refractivity (Wildman–Crippen MR) is 60.4 cm³/mol. The zero-order chi connectivity index (χ0) is 10.8. The Hall–Kier alpha value is -0.600. The molecule has 0 radical (unpaired) electrons. The van der Waals surface area contributed by atoms with Gasteiger partial charge < -0.3 is 5.73 Å². The first-order chi connectivity index (χ1) is 7.20. The van der Waals surface area contributed by atoms with E-state index in [1.165, 1.54) is 25.0 Å². The van der Waals surface area contributed by atoms with Crippen LogP contribution in [0.3, 0.4) is 0 Å². The molecule has 0 heterocycles. The monoisotopic (exact) mass is 227 g/mol. The molecule has 2 rings (SSSR count). The summed E-state index contributed by atoms with van der Waals surface area (Å²) in [6.45, 7) is 0.693. The minimum Gasteiger partial charge on any atom is -0.330 e. The third-order valence-corrected chi connectivity index (χ3v) is 3.44. The molecule has 1 atom stereocenters. The van der Waals surface area contributed by atoms with Crippen molar-refractivity contribution in [3.63, 3.8) is 0 Å². The Morgan fingerprint density at radius 1 is 1.47 bits per heavy atom. The van der Waals surface area contributed by atoms with Crippen molar-refractivity contribution in [2.24, 2.45) is 17.6 Å². The van der Waals surface area contributed by atoms with Crippen LogP contribution in [-0.4, -0.2) is 6.54 Å². The lowest BCUT2D eigenvalue weighted by molar-refractivity contribution is 0.471. The highest BCUT2D eigenvalue weighted by Crippen LogP contribution is 2.38. The second-order valence-electron chi connectivity index (χ2n) is 4.27. The van der Waals surface area contributed by atoms with Gasteiger partial charge in [0.05, 0.1) is 0 Å². The Bertz CT molecular complexity index is 349. The zero-order valence-corrected chi connectivity index (χ0v) is 9.30. The van der Waals surface area contributed by atoms with Gasteiger partial charge in [0.2, 0.25) is 0 Å². The second kappa shape index (κ2) is 4.50. The van der Waals surface area contributed by atoms with Crippen molar-refractivity contribution < 1.29 is 4.39 Å². The molecule has 0 aromatic heterocycles. The van der Waals surface area contributed by atoms with Crippen molar-refractivity contribution in [1.29, 1.82) is 0 Å². The molecule has 1 aliphatic rings. The van der Waals surface area contributed by atoms with Crippen molar-refractivity contribution in [1.82, 2.24) is 0 Å². The van der Waals surface area contributed by atoms with Gasteiger partial charge in [-0.25, -0.2) is 4.39 Å². The van der Waals surface area contributed by atoms with Crippen LogP contribution < -0.4 is 5.73 Å². The smallest absolute Gasteiger partial charge is 0.124 e. The molecule has 0 aliphatic heterocycles. The zero-order valence-electron chi connectivity index (χ0n) is 8.55. The van der Waals surface area contributed by atoms with Crippen molar-refractivity contribution >= 4 is 11.6 Å². The van der Waals surface area contributed by atoms with Crippen LogP contribution in [0.15, 0.2) is 18.2 Å². The molecule has 1 fully saturated rings. The minimum absolute atomic E-state index is 0.278. The van der Waals surface area contributed by atoms with Gasteiger partial charge in [-0.15, -0.1) is 0 Å². The van der Waals surface area contributed by atoms with Crippen molar-refractivity contribution in [3.05, 3.63) is 34.6 Å². The number of hydrogen-bond acceptors (Lipinski definition) is 1. The van der Waals surface area contributed by atoms with Crippen molar-refractivity contribution in [3.8, 4) is 0 Å². The summed E-state index contributed by atoms with van der Waals surface area (Å²) < 4.78 is 12.8. The van der Waals surface area contributed by atoms with Gasteiger partial charge in [0.1, 0.15) is 5.82 Å². The van der Waals surface area contributed by atoms with E-state index in [4.69, 9.17) is 17.3 Å². The van der Waals surface area contributed by atoms with Crippen LogP contribution in [0.2, 0.25) is 5.02 Å². The SMILES string of the molecule is NCC(Cc1ccc(F)cc1Cl)C1CC1. The first kappa shape index (κ1) is 10.9. The quantitative estimate of drug-likeness (QED) is 0.841. The minimum atomic E-state index is -0.278. The molecule has 1 nitrogen and oxygen atoms in total. The highest BCUT2D eigenvalue weighted by Gasteiger charge is 2.30. The number of benzene rings is 1. The van der Waals surface area contributed by atoms with E-state index in [1.807, 2.05) is 0 Å². The van der Waals surface area contributed by atoms with Gasteiger partial charge in [0.15, 0.2) is 0 Å². The van der Waals surface area contributed by atoms with E-state index in [9.17, 15) is 4.39 Å². The standard InChI is InChI=1S/C12H15ClFN/c13-12-6-11(14)4-3-9(12)5-10(7-15)8-1-2-8/h3-4,6,8,10H,1-2,5,7,15H2. The lowest BCUT2D eigenvalue weighted by atomic mass is 9.95. The fourth-order valence-electron chi connectivity index (χ4n) is 1.98. The Kier molecular flexibility index (Phi) is 3.27. The van der Waals surface area contributed by atoms with Crippen LogP contribution in [0, 0.1) is 17.7 Å². The molecule has 0 spiro atoms. The average molecular weight is 228 g/mol. The third-order valence-electron chi connectivity index (χ3n) is 3.09. The molecule has 3 heteroatoms. The van der Waals surface area contributed by atoms with Gasteiger partial charge in [-0.2, -0.15) is 0 Å². The topological polar surface area (TPSA) is 26.0 Å². The average Bonchev–Trinajstić information content (AvgIpc) is 3.00. The summed E-state index contributed by atoms with van der Waals surface area (Å²) in [5.41, 5.74) is 6.74. The fraction of sp³-hybridized carbons (Fsp3) is 0.500. The van der Waals surface area contributed by atoms with E-state index >= 15 is 0 Å². The van der Waals surface area contributed by atoms with Gasteiger partial charge in [0, 0.05) is 5.02 Å². The maximum Gasteiger partial charge on any atom is 0.124 e. The maximum absolute atomic E-state index is 12.8. The molecular weight excluding hydrogens is 213 g/mol. The number of hydrogen-bond donors (Lipinski definition) is 1. The predicted octanol–water partition coefficient (Wildman–Crippen LogP) is 3.01. The summed E-state index contributed by atoms with van der Waals surface area (Å²) in [7, 11) is 0. The molecule has 1 aromatic rings. The number of nitrogens with two attached hydrogens (primary N) is 1. The van der Waals surface area contributed by atoms with E-state index in [0.29, 0.717) is 17.5 Å². The Labute approximate surface area is 94.4 Å². The van der Waals surface area contributed by atoms with Gasteiger partial charge in [-0.1, -0.05) is 17.7 Å². The summed E-state index contributed by atoms with van der Waals surface area (Å²) in [5, 5.41) is 0.522. The Morgan fingerprint density at radius 3 is 2.73 bits per heavy atom. The molecular formula is C12H15ClFN. The van der Waals surface area contributed by atoms with Crippen LogP contribution in [0.5, 0.6) is 0 Å². The molecule has 1 aliphatic carbocycles. The first-order valence-electron chi connectivity index (χ1n) is 5.34. The molecule has 0 amide bonds. The van der Waals surface area contributed by atoms with Crippen molar-refractivity contribution in [2.45, 2.75) is 19.3 Å². The largest absolute Gasteiger partial charge is 0.330 e. The van der Waals surface area contributed by atoms with Crippen molar-refractivity contribution in [2.75, 3.05) is 6.54 Å². The van der Waals surface area contributed by atoms with Crippen LogP contribution in [0.4, 0.5) is 4.39 Å². The summed E-state index contributed by atoms with van der Waals surface area (Å²) in [4.78, 5) is 0. The Morgan fingerprint density at radius 2 is 2.20 bits per heavy atom. The summed E-state index contributed by atoms with van der Waals surface area (Å²) in [5.74, 6) is 0.989. The van der Waals surface area contributed by atoms with Gasteiger partial charge in [0.25, 0.3) is 0 Å². The van der Waals surface area contributed by atoms with Gasteiger partial charge in [-0.3, -0.25) is 0 Å². The number of halogens is 2. The fourth-order valence-corrected chi connectivity index (χ4v) is 2.22. The highest BCUT2D eigenvalue weighted by molar-refractivity contribution is 6.31. The molecule has 82 valence electrons. The lowest BCUT2D eigenvalue weighted by Crippen LogP contribution is -2.18. The van der Waals surface area contributed by atoms with E-state index in [0.717, 1.165) is 17.9 Å². The van der Waals surface area contributed by atoms with E-state index in [-0.39, 0.29) is 5.82 Å². The van der Waals surface area contributed by atoms with Crippen LogP contribution in [0.25, 0.3) is 0 Å². The molecule has 1 aromatic carbocycles. The normalized spacial score (nSPS) is 17.8. The van der Waals surface area contributed by atoms with Crippen LogP contribution in [0.1, 0.15) is 18.4 Å². The van der Waals surface area contributed by atoms with Crippen LogP contribution in [-0.2, 0) is 6.42 Å². The summed E-state index contributed by atoms with van der Waals surface area (Å²) in [6, 6.07) is 4.60. The van der Waals surface area contributed by atoms with Crippen LogP contribution >= 0.6 is 11.6 Å². The van der Waals surface area contributed by atoms with E-state index < -0.39 is 0 Å². The van der Waals surface area contributed by atoms with Gasteiger partial charge >= 0.3 is 0 Å². The molecule has 1 unspecified atom stereocenters. The molecule has 0 bridgehead atoms. The third kappa shape index (κ3) is 2.70. The lowest BCUT2D eigenvalue weighted by Gasteiger charge is -2.14. The summed E-state index contributed by atoms with van der Waals surface area (Å²) >= 11 is 5.97. The summed E-state index contributed by atoms with van der Waals surface area (Å²) in [6.07, 6.45) is 3.43. The highest BCUT2D eigenvalue weighted by atomic mass is 35.5. The molecule has 1 saturated carbocycles. The van der Waals surface area contributed by atoms with E-state index in [1.54, 1.807) is 6.07 Å². The Balaban J connectivity index is 2.08. The number of rotatable bonds is 4. The molecule has 2 N–H and O–H groups in total. The first-order valence-corrected chi connectivity index (χ1v) is 5.72. The second-order valence-corrected chi connectivity index (χ2v) is 4.68. The molecule has 15 heavy (non-hydrogen) atoms. The van der Waals surface area contributed by atoms with Gasteiger partial charge in [-0.05, 0) is 55.3 Å².